The lowest BCUT2D eigenvalue weighted by molar-refractivity contribution is 0.442. The first-order chi connectivity index (χ1) is 7.18. The fourth-order valence-corrected chi connectivity index (χ4v) is 2.34. The lowest BCUT2D eigenvalue weighted by Crippen LogP contribution is -2.27. The van der Waals surface area contributed by atoms with Gasteiger partial charge in [0.05, 0.1) is 4.47 Å². The number of piperidine rings is 1. The van der Waals surface area contributed by atoms with Crippen LogP contribution in [0.2, 0.25) is 0 Å². The molecule has 1 aromatic carbocycles. The van der Waals surface area contributed by atoms with Crippen molar-refractivity contribution in [2.45, 2.75) is 18.8 Å². The maximum Gasteiger partial charge on any atom is 0.140 e. The summed E-state index contributed by atoms with van der Waals surface area (Å²) in [5.41, 5.74) is 0.629. The van der Waals surface area contributed by atoms with Gasteiger partial charge in [-0.25, -0.2) is 8.78 Å². The van der Waals surface area contributed by atoms with Crippen LogP contribution in [0.1, 0.15) is 24.3 Å². The first kappa shape index (κ1) is 11.0. The van der Waals surface area contributed by atoms with Crippen molar-refractivity contribution in [1.82, 2.24) is 5.32 Å². The van der Waals surface area contributed by atoms with Gasteiger partial charge in [0, 0.05) is 6.07 Å². The van der Waals surface area contributed by atoms with Crippen LogP contribution < -0.4 is 5.32 Å². The summed E-state index contributed by atoms with van der Waals surface area (Å²) < 4.78 is 26.9. The minimum Gasteiger partial charge on any atom is -0.317 e. The van der Waals surface area contributed by atoms with Crippen molar-refractivity contribution in [2.75, 3.05) is 13.1 Å². The number of hydrogen-bond acceptors (Lipinski definition) is 1. The van der Waals surface area contributed by atoms with E-state index < -0.39 is 11.6 Å². The first-order valence-corrected chi connectivity index (χ1v) is 5.83. The number of benzene rings is 1. The summed E-state index contributed by atoms with van der Waals surface area (Å²) in [7, 11) is 0. The average molecular weight is 276 g/mol. The zero-order valence-electron chi connectivity index (χ0n) is 8.19. The standard InChI is InChI=1S/C11H12BrF2N/c12-9-5-8(10(13)6-11(9)14)7-1-3-15-4-2-7/h5-7,15H,1-4H2. The molecule has 1 nitrogen and oxygen atoms in total. The highest BCUT2D eigenvalue weighted by molar-refractivity contribution is 9.10. The molecule has 0 unspecified atom stereocenters. The summed E-state index contributed by atoms with van der Waals surface area (Å²) in [6.45, 7) is 1.80. The van der Waals surface area contributed by atoms with E-state index in [2.05, 4.69) is 21.2 Å². The van der Waals surface area contributed by atoms with Gasteiger partial charge in [-0.15, -0.1) is 0 Å². The Morgan fingerprint density at radius 2 is 1.80 bits per heavy atom. The molecule has 1 N–H and O–H groups in total. The lowest BCUT2D eigenvalue weighted by Gasteiger charge is -2.23. The zero-order chi connectivity index (χ0) is 10.8. The number of rotatable bonds is 1. The molecule has 4 heteroatoms. The molecule has 0 aliphatic carbocycles. The van der Waals surface area contributed by atoms with E-state index in [1.54, 1.807) is 6.07 Å². The summed E-state index contributed by atoms with van der Waals surface area (Å²) >= 11 is 3.09. The van der Waals surface area contributed by atoms with Gasteiger partial charge in [0.25, 0.3) is 0 Å². The van der Waals surface area contributed by atoms with Crippen molar-refractivity contribution in [3.63, 3.8) is 0 Å². The summed E-state index contributed by atoms with van der Waals surface area (Å²) in [5, 5.41) is 3.22. The molecule has 2 rings (SSSR count). The van der Waals surface area contributed by atoms with Crippen molar-refractivity contribution in [2.24, 2.45) is 0 Å². The minimum absolute atomic E-state index is 0.211. The van der Waals surface area contributed by atoms with E-state index >= 15 is 0 Å². The predicted molar refractivity (Wildman–Crippen MR) is 58.9 cm³/mol. The highest BCUT2D eigenvalue weighted by Crippen LogP contribution is 2.30. The predicted octanol–water partition coefficient (Wildman–Crippen LogP) is 3.19. The van der Waals surface area contributed by atoms with Crippen LogP contribution in [-0.2, 0) is 0 Å². The van der Waals surface area contributed by atoms with Crippen LogP contribution >= 0.6 is 15.9 Å². The minimum atomic E-state index is -0.537. The van der Waals surface area contributed by atoms with Gasteiger partial charge in [-0.2, -0.15) is 0 Å². The molecule has 0 radical (unpaired) electrons. The van der Waals surface area contributed by atoms with E-state index in [1.165, 1.54) is 0 Å². The van der Waals surface area contributed by atoms with Crippen LogP contribution in [0.3, 0.4) is 0 Å². The fourth-order valence-electron chi connectivity index (χ4n) is 1.98. The van der Waals surface area contributed by atoms with E-state index in [0.29, 0.717) is 10.0 Å². The molecule has 1 saturated heterocycles. The molecule has 0 aromatic heterocycles. The summed E-state index contributed by atoms with van der Waals surface area (Å²) in [4.78, 5) is 0. The third-order valence-electron chi connectivity index (χ3n) is 2.82. The molecule has 1 heterocycles. The maximum atomic E-state index is 13.5. The van der Waals surface area contributed by atoms with Crippen molar-refractivity contribution >= 4 is 15.9 Å². The van der Waals surface area contributed by atoms with Gasteiger partial charge < -0.3 is 5.32 Å². The quantitative estimate of drug-likeness (QED) is 0.777. The molecule has 1 aliphatic heterocycles. The van der Waals surface area contributed by atoms with Crippen LogP contribution in [0.25, 0.3) is 0 Å². The normalized spacial score (nSPS) is 18.1. The van der Waals surface area contributed by atoms with Crippen molar-refractivity contribution in [1.29, 1.82) is 0 Å². The largest absolute Gasteiger partial charge is 0.317 e. The third-order valence-corrected chi connectivity index (χ3v) is 3.43. The molecule has 0 atom stereocenters. The average Bonchev–Trinajstić information content (AvgIpc) is 2.25. The third kappa shape index (κ3) is 2.37. The van der Waals surface area contributed by atoms with Crippen LogP contribution in [0.5, 0.6) is 0 Å². The smallest absolute Gasteiger partial charge is 0.140 e. The topological polar surface area (TPSA) is 12.0 Å². The van der Waals surface area contributed by atoms with Crippen molar-refractivity contribution in [3.05, 3.63) is 33.8 Å². The van der Waals surface area contributed by atoms with E-state index in [1.807, 2.05) is 0 Å². The van der Waals surface area contributed by atoms with Crippen molar-refractivity contribution in [3.8, 4) is 0 Å². The van der Waals surface area contributed by atoms with Gasteiger partial charge >= 0.3 is 0 Å². The monoisotopic (exact) mass is 275 g/mol. The van der Waals surface area contributed by atoms with Gasteiger partial charge in [-0.3, -0.25) is 0 Å². The van der Waals surface area contributed by atoms with E-state index in [4.69, 9.17) is 0 Å². The van der Waals surface area contributed by atoms with Crippen LogP contribution in [-0.4, -0.2) is 13.1 Å². The number of nitrogens with one attached hydrogen (secondary N) is 1. The summed E-state index contributed by atoms with van der Waals surface area (Å²) in [5.74, 6) is -0.754. The molecular formula is C11H12BrF2N. The van der Waals surface area contributed by atoms with E-state index in [0.717, 1.165) is 32.0 Å². The van der Waals surface area contributed by atoms with Gasteiger partial charge in [0.1, 0.15) is 11.6 Å². The molecule has 1 aliphatic rings. The number of hydrogen-bond donors (Lipinski definition) is 1. The fraction of sp³-hybridized carbons (Fsp3) is 0.455. The highest BCUT2D eigenvalue weighted by Gasteiger charge is 2.20. The molecule has 0 amide bonds. The Morgan fingerprint density at radius 3 is 2.47 bits per heavy atom. The SMILES string of the molecule is Fc1cc(F)c(C2CCNCC2)cc1Br. The van der Waals surface area contributed by atoms with Crippen LogP contribution in [0.15, 0.2) is 16.6 Å². The highest BCUT2D eigenvalue weighted by atomic mass is 79.9. The Kier molecular flexibility index (Phi) is 3.36. The first-order valence-electron chi connectivity index (χ1n) is 5.03. The zero-order valence-corrected chi connectivity index (χ0v) is 9.78. The Balaban J connectivity index is 2.30. The van der Waals surface area contributed by atoms with Gasteiger partial charge in [-0.1, -0.05) is 0 Å². The maximum absolute atomic E-state index is 13.5. The molecule has 1 fully saturated rings. The van der Waals surface area contributed by atoms with Gasteiger partial charge in [0.2, 0.25) is 0 Å². The molecule has 0 spiro atoms. The van der Waals surface area contributed by atoms with Gasteiger partial charge in [0.15, 0.2) is 0 Å². The summed E-state index contributed by atoms with van der Waals surface area (Å²) in [6, 6.07) is 2.53. The summed E-state index contributed by atoms with van der Waals surface area (Å²) in [6.07, 6.45) is 1.82. The second-order valence-corrected chi connectivity index (χ2v) is 4.67. The Bertz CT molecular complexity index is 362. The molecule has 0 bridgehead atoms. The van der Waals surface area contributed by atoms with E-state index in [-0.39, 0.29) is 5.92 Å². The molecule has 82 valence electrons. The second kappa shape index (κ2) is 4.58. The Morgan fingerprint density at radius 1 is 1.13 bits per heavy atom. The van der Waals surface area contributed by atoms with Gasteiger partial charge in [-0.05, 0) is 59.4 Å². The Labute approximate surface area is 96.0 Å². The number of halogens is 3. The molecule has 15 heavy (non-hydrogen) atoms. The Hall–Kier alpha value is -0.480. The lowest BCUT2D eigenvalue weighted by atomic mass is 9.90. The van der Waals surface area contributed by atoms with Crippen molar-refractivity contribution < 1.29 is 8.78 Å². The molecule has 0 saturated carbocycles. The van der Waals surface area contributed by atoms with Crippen LogP contribution in [0.4, 0.5) is 8.78 Å². The van der Waals surface area contributed by atoms with Crippen LogP contribution in [0, 0.1) is 11.6 Å². The molecular weight excluding hydrogens is 264 g/mol. The van der Waals surface area contributed by atoms with E-state index in [9.17, 15) is 8.78 Å². The second-order valence-electron chi connectivity index (χ2n) is 3.81. The molecule has 1 aromatic rings.